The van der Waals surface area contributed by atoms with Crippen molar-refractivity contribution in [1.29, 1.82) is 0 Å². The SMILES string of the molecule is COc1cc(OC)c(OC)cc1NC(=O)CC(C)C1CCCNC1.Cl. The van der Waals surface area contributed by atoms with Crippen molar-refractivity contribution in [3.05, 3.63) is 12.1 Å². The minimum absolute atomic E-state index is 0. The predicted molar refractivity (Wildman–Crippen MR) is 101 cm³/mol. The highest BCUT2D eigenvalue weighted by molar-refractivity contribution is 5.93. The van der Waals surface area contributed by atoms with Gasteiger partial charge in [0.15, 0.2) is 11.5 Å². The fourth-order valence-electron chi connectivity index (χ4n) is 3.15. The highest BCUT2D eigenvalue weighted by Crippen LogP contribution is 2.38. The van der Waals surface area contributed by atoms with Gasteiger partial charge in [0.05, 0.1) is 27.0 Å². The Hall–Kier alpha value is -1.66. The third-order valence-corrected chi connectivity index (χ3v) is 4.63. The third-order valence-electron chi connectivity index (χ3n) is 4.63. The molecule has 1 saturated heterocycles. The maximum Gasteiger partial charge on any atom is 0.224 e. The Kier molecular flexibility index (Phi) is 8.86. The van der Waals surface area contributed by atoms with Crippen molar-refractivity contribution in [2.24, 2.45) is 11.8 Å². The Morgan fingerprint density at radius 2 is 1.84 bits per heavy atom. The standard InChI is InChI=1S/C18H28N2O4.ClH/c1-12(13-6-5-7-19-11-13)8-18(21)20-14-9-16(23-3)17(24-4)10-15(14)22-2;/h9-10,12-13,19H,5-8,11H2,1-4H3,(H,20,21);1H. The molecule has 142 valence electrons. The molecule has 1 amide bonds. The van der Waals surface area contributed by atoms with Crippen molar-refractivity contribution in [1.82, 2.24) is 5.32 Å². The topological polar surface area (TPSA) is 68.8 Å². The molecule has 6 nitrogen and oxygen atoms in total. The van der Waals surface area contributed by atoms with E-state index in [1.165, 1.54) is 12.8 Å². The molecular weight excluding hydrogens is 344 g/mol. The lowest BCUT2D eigenvalue weighted by atomic mass is 9.85. The van der Waals surface area contributed by atoms with E-state index >= 15 is 0 Å². The first-order chi connectivity index (χ1) is 11.6. The maximum atomic E-state index is 12.4. The zero-order chi connectivity index (χ0) is 17.5. The molecule has 1 aromatic carbocycles. The number of piperidine rings is 1. The predicted octanol–water partition coefficient (Wildman–Crippen LogP) is 3.10. The number of carbonyl (C=O) groups is 1. The van der Waals surface area contributed by atoms with Crippen LogP contribution in [0.15, 0.2) is 12.1 Å². The first-order valence-electron chi connectivity index (χ1n) is 8.39. The van der Waals surface area contributed by atoms with E-state index in [4.69, 9.17) is 14.2 Å². The van der Waals surface area contributed by atoms with E-state index in [9.17, 15) is 4.79 Å². The molecule has 0 aromatic heterocycles. The third kappa shape index (κ3) is 5.68. The number of anilines is 1. The van der Waals surface area contributed by atoms with Crippen LogP contribution >= 0.6 is 12.4 Å². The van der Waals surface area contributed by atoms with E-state index in [1.54, 1.807) is 33.5 Å². The van der Waals surface area contributed by atoms with Gasteiger partial charge in [-0.1, -0.05) is 6.92 Å². The van der Waals surface area contributed by atoms with Gasteiger partial charge in [-0.25, -0.2) is 0 Å². The molecule has 2 N–H and O–H groups in total. The quantitative estimate of drug-likeness (QED) is 0.769. The van der Waals surface area contributed by atoms with E-state index in [2.05, 4.69) is 17.6 Å². The molecule has 1 heterocycles. The monoisotopic (exact) mass is 372 g/mol. The number of amides is 1. The Morgan fingerprint density at radius 3 is 2.40 bits per heavy atom. The van der Waals surface area contributed by atoms with Crippen LogP contribution < -0.4 is 24.8 Å². The second-order valence-electron chi connectivity index (χ2n) is 6.24. The van der Waals surface area contributed by atoms with Crippen LogP contribution in [0, 0.1) is 11.8 Å². The summed E-state index contributed by atoms with van der Waals surface area (Å²) in [7, 11) is 4.69. The molecule has 2 rings (SSSR count). The average molecular weight is 373 g/mol. The minimum Gasteiger partial charge on any atom is -0.494 e. The van der Waals surface area contributed by atoms with Crippen molar-refractivity contribution in [3.8, 4) is 17.2 Å². The summed E-state index contributed by atoms with van der Waals surface area (Å²) in [5.41, 5.74) is 0.592. The van der Waals surface area contributed by atoms with Gasteiger partial charge in [-0.3, -0.25) is 4.79 Å². The summed E-state index contributed by atoms with van der Waals surface area (Å²) in [6.07, 6.45) is 2.85. The Bertz CT molecular complexity index is 562. The summed E-state index contributed by atoms with van der Waals surface area (Å²) in [4.78, 5) is 12.4. The number of carbonyl (C=O) groups excluding carboxylic acids is 1. The Balaban J connectivity index is 0.00000312. The van der Waals surface area contributed by atoms with E-state index in [0.717, 1.165) is 13.1 Å². The van der Waals surface area contributed by atoms with Gasteiger partial charge in [-0.2, -0.15) is 0 Å². The number of hydrogen-bond donors (Lipinski definition) is 2. The molecule has 1 aliphatic rings. The number of nitrogens with one attached hydrogen (secondary N) is 2. The average Bonchev–Trinajstić information content (AvgIpc) is 2.61. The van der Waals surface area contributed by atoms with Crippen molar-refractivity contribution < 1.29 is 19.0 Å². The lowest BCUT2D eigenvalue weighted by Crippen LogP contribution is -2.34. The minimum atomic E-state index is -0.0152. The highest BCUT2D eigenvalue weighted by atomic mass is 35.5. The fourth-order valence-corrected chi connectivity index (χ4v) is 3.15. The van der Waals surface area contributed by atoms with E-state index < -0.39 is 0 Å². The summed E-state index contributed by atoms with van der Waals surface area (Å²) in [6, 6.07) is 3.44. The van der Waals surface area contributed by atoms with Gasteiger partial charge in [-0.15, -0.1) is 12.4 Å². The fraction of sp³-hybridized carbons (Fsp3) is 0.611. The van der Waals surface area contributed by atoms with Crippen LogP contribution in [0.2, 0.25) is 0 Å². The lowest BCUT2D eigenvalue weighted by molar-refractivity contribution is -0.117. The van der Waals surface area contributed by atoms with Gasteiger partial charge in [0.2, 0.25) is 5.91 Å². The number of hydrogen-bond acceptors (Lipinski definition) is 5. The smallest absolute Gasteiger partial charge is 0.224 e. The number of methoxy groups -OCH3 is 3. The van der Waals surface area contributed by atoms with Crippen molar-refractivity contribution in [3.63, 3.8) is 0 Å². The summed E-state index contributed by atoms with van der Waals surface area (Å²) >= 11 is 0. The number of rotatable bonds is 7. The van der Waals surface area contributed by atoms with E-state index in [1.807, 2.05) is 0 Å². The summed E-state index contributed by atoms with van der Waals surface area (Å²) < 4.78 is 15.9. The molecule has 2 unspecified atom stereocenters. The van der Waals surface area contributed by atoms with Gasteiger partial charge < -0.3 is 24.8 Å². The van der Waals surface area contributed by atoms with Gasteiger partial charge in [0.25, 0.3) is 0 Å². The first-order valence-corrected chi connectivity index (χ1v) is 8.39. The van der Waals surface area contributed by atoms with Gasteiger partial charge in [0, 0.05) is 18.6 Å². The van der Waals surface area contributed by atoms with Crippen LogP contribution in [0.4, 0.5) is 5.69 Å². The second-order valence-corrected chi connectivity index (χ2v) is 6.24. The second kappa shape index (κ2) is 10.4. The van der Waals surface area contributed by atoms with Crippen LogP contribution in [-0.4, -0.2) is 40.3 Å². The molecule has 0 radical (unpaired) electrons. The molecule has 25 heavy (non-hydrogen) atoms. The highest BCUT2D eigenvalue weighted by Gasteiger charge is 2.23. The molecule has 0 saturated carbocycles. The first kappa shape index (κ1) is 21.4. The van der Waals surface area contributed by atoms with Crippen molar-refractivity contribution >= 4 is 24.0 Å². The zero-order valence-corrected chi connectivity index (χ0v) is 16.2. The Morgan fingerprint density at radius 1 is 1.20 bits per heavy atom. The molecule has 0 aliphatic carbocycles. The molecule has 7 heteroatoms. The molecular formula is C18H29ClN2O4. The summed E-state index contributed by atoms with van der Waals surface area (Å²) in [5.74, 6) is 2.54. The molecule has 0 spiro atoms. The molecule has 2 atom stereocenters. The largest absolute Gasteiger partial charge is 0.494 e. The van der Waals surface area contributed by atoms with Gasteiger partial charge in [0.1, 0.15) is 5.75 Å². The van der Waals surface area contributed by atoms with Crippen LogP contribution in [-0.2, 0) is 4.79 Å². The normalized spacial score (nSPS) is 17.8. The van der Waals surface area contributed by atoms with Crippen molar-refractivity contribution in [2.75, 3.05) is 39.7 Å². The number of halogens is 1. The molecule has 0 bridgehead atoms. The molecule has 1 aliphatic heterocycles. The summed E-state index contributed by atoms with van der Waals surface area (Å²) in [5, 5.41) is 6.34. The van der Waals surface area contributed by atoms with Crippen LogP contribution in [0.3, 0.4) is 0 Å². The van der Waals surface area contributed by atoms with E-state index in [-0.39, 0.29) is 18.3 Å². The molecule has 1 aromatic rings. The van der Waals surface area contributed by atoms with E-state index in [0.29, 0.717) is 41.2 Å². The van der Waals surface area contributed by atoms with Crippen molar-refractivity contribution in [2.45, 2.75) is 26.2 Å². The van der Waals surface area contributed by atoms with Crippen LogP contribution in [0.25, 0.3) is 0 Å². The zero-order valence-electron chi connectivity index (χ0n) is 15.4. The maximum absolute atomic E-state index is 12.4. The van der Waals surface area contributed by atoms with Gasteiger partial charge in [-0.05, 0) is 37.8 Å². The van der Waals surface area contributed by atoms with Crippen LogP contribution in [0.5, 0.6) is 17.2 Å². The molecule has 1 fully saturated rings. The van der Waals surface area contributed by atoms with Crippen LogP contribution in [0.1, 0.15) is 26.2 Å². The lowest BCUT2D eigenvalue weighted by Gasteiger charge is -2.28. The Labute approximate surface area is 156 Å². The van der Waals surface area contributed by atoms with Gasteiger partial charge >= 0.3 is 0 Å². The summed E-state index contributed by atoms with van der Waals surface area (Å²) in [6.45, 7) is 4.22. The number of benzene rings is 1. The number of ether oxygens (including phenoxy) is 3.